The molecule has 2 fully saturated rings. The zero-order valence-corrected chi connectivity index (χ0v) is 14.9. The third-order valence-corrected chi connectivity index (χ3v) is 6.03. The molecule has 0 bridgehead atoms. The molecule has 6 heteroatoms. The summed E-state index contributed by atoms with van der Waals surface area (Å²) in [5.41, 5.74) is 1.46. The molecule has 0 radical (unpaired) electrons. The number of hydrogen-bond acceptors (Lipinski definition) is 4. The van der Waals surface area contributed by atoms with Crippen LogP contribution in [0.25, 0.3) is 0 Å². The molecule has 2 amide bonds. The third-order valence-electron chi connectivity index (χ3n) is 5.35. The number of likely N-dealkylation sites (tertiary alicyclic amines) is 2. The molecule has 130 valence electrons. The predicted molar refractivity (Wildman–Crippen MR) is 96.6 cm³/mol. The number of aromatic nitrogens is 1. The quantitative estimate of drug-likeness (QED) is 0.832. The van der Waals surface area contributed by atoms with Gasteiger partial charge < -0.3 is 9.80 Å². The fourth-order valence-corrected chi connectivity index (χ4v) is 4.69. The molecule has 25 heavy (non-hydrogen) atoms. The van der Waals surface area contributed by atoms with E-state index in [9.17, 15) is 9.59 Å². The zero-order chi connectivity index (χ0) is 17.3. The lowest BCUT2D eigenvalue weighted by Gasteiger charge is -2.40. The SMILES string of the molecule is O=C(c1cccnc1)N1CCCC2(CCN(C(=O)c3ccsc3)C2)C1. The minimum atomic E-state index is 0.0435. The maximum absolute atomic E-state index is 12.7. The van der Waals surface area contributed by atoms with E-state index in [1.165, 1.54) is 0 Å². The van der Waals surface area contributed by atoms with Crippen LogP contribution in [0.1, 0.15) is 40.0 Å². The van der Waals surface area contributed by atoms with Gasteiger partial charge in [0.25, 0.3) is 11.8 Å². The molecule has 0 saturated carbocycles. The second-order valence-corrected chi connectivity index (χ2v) is 7.84. The Bertz CT molecular complexity index is 762. The lowest BCUT2D eigenvalue weighted by atomic mass is 9.79. The summed E-state index contributed by atoms with van der Waals surface area (Å²) in [5, 5.41) is 3.85. The summed E-state index contributed by atoms with van der Waals surface area (Å²) in [5.74, 6) is 0.170. The van der Waals surface area contributed by atoms with Gasteiger partial charge in [0.2, 0.25) is 0 Å². The smallest absolute Gasteiger partial charge is 0.255 e. The first-order valence-corrected chi connectivity index (χ1v) is 9.62. The van der Waals surface area contributed by atoms with Crippen LogP contribution in [0, 0.1) is 5.41 Å². The van der Waals surface area contributed by atoms with E-state index in [2.05, 4.69) is 4.98 Å². The Morgan fingerprint density at radius 1 is 1.04 bits per heavy atom. The summed E-state index contributed by atoms with van der Waals surface area (Å²) < 4.78 is 0. The second-order valence-electron chi connectivity index (χ2n) is 7.06. The highest BCUT2D eigenvalue weighted by Crippen LogP contribution is 2.39. The van der Waals surface area contributed by atoms with Gasteiger partial charge in [-0.15, -0.1) is 0 Å². The van der Waals surface area contributed by atoms with Gasteiger partial charge >= 0.3 is 0 Å². The van der Waals surface area contributed by atoms with Crippen molar-refractivity contribution in [2.24, 2.45) is 5.41 Å². The molecule has 0 aliphatic carbocycles. The largest absolute Gasteiger partial charge is 0.338 e. The van der Waals surface area contributed by atoms with Gasteiger partial charge in [0.15, 0.2) is 0 Å². The first-order valence-electron chi connectivity index (χ1n) is 8.68. The number of hydrogen-bond donors (Lipinski definition) is 0. The average Bonchev–Trinajstić information content (AvgIpc) is 3.32. The van der Waals surface area contributed by atoms with Crippen LogP contribution in [0.2, 0.25) is 0 Å². The summed E-state index contributed by atoms with van der Waals surface area (Å²) in [4.78, 5) is 33.3. The summed E-state index contributed by atoms with van der Waals surface area (Å²) in [7, 11) is 0. The Labute approximate surface area is 151 Å². The van der Waals surface area contributed by atoms with Crippen molar-refractivity contribution in [1.29, 1.82) is 0 Å². The fraction of sp³-hybridized carbons (Fsp3) is 0.421. The van der Waals surface area contributed by atoms with Gasteiger partial charge in [0.05, 0.1) is 11.1 Å². The van der Waals surface area contributed by atoms with Crippen LogP contribution in [0.5, 0.6) is 0 Å². The first kappa shape index (κ1) is 16.3. The van der Waals surface area contributed by atoms with E-state index in [0.29, 0.717) is 5.56 Å². The van der Waals surface area contributed by atoms with Crippen molar-refractivity contribution in [3.63, 3.8) is 0 Å². The topological polar surface area (TPSA) is 53.5 Å². The molecule has 5 nitrogen and oxygen atoms in total. The molecule has 0 aromatic carbocycles. The summed E-state index contributed by atoms with van der Waals surface area (Å²) in [6.07, 6.45) is 6.35. The Balaban J connectivity index is 1.46. The van der Waals surface area contributed by atoms with Crippen molar-refractivity contribution < 1.29 is 9.59 Å². The van der Waals surface area contributed by atoms with Gasteiger partial charge in [-0.25, -0.2) is 0 Å². The van der Waals surface area contributed by atoms with Crippen molar-refractivity contribution in [2.75, 3.05) is 26.2 Å². The van der Waals surface area contributed by atoms with Gasteiger partial charge in [0.1, 0.15) is 0 Å². The molecule has 2 aromatic heterocycles. The Hall–Kier alpha value is -2.21. The molecular formula is C19H21N3O2S. The highest BCUT2D eigenvalue weighted by Gasteiger charge is 2.44. The van der Waals surface area contributed by atoms with E-state index in [1.807, 2.05) is 32.7 Å². The summed E-state index contributed by atoms with van der Waals surface area (Å²) >= 11 is 1.55. The van der Waals surface area contributed by atoms with E-state index < -0.39 is 0 Å². The predicted octanol–water partition coefficient (Wildman–Crippen LogP) is 2.91. The van der Waals surface area contributed by atoms with Gasteiger partial charge in [-0.3, -0.25) is 14.6 Å². The number of rotatable bonds is 2. The number of piperidine rings is 1. The molecule has 4 heterocycles. The second kappa shape index (κ2) is 6.59. The molecular weight excluding hydrogens is 334 g/mol. The summed E-state index contributed by atoms with van der Waals surface area (Å²) in [6.45, 7) is 3.05. The Kier molecular flexibility index (Phi) is 4.29. The molecule has 4 rings (SSSR count). The maximum Gasteiger partial charge on any atom is 0.255 e. The Morgan fingerprint density at radius 3 is 2.56 bits per heavy atom. The van der Waals surface area contributed by atoms with Crippen molar-refractivity contribution in [1.82, 2.24) is 14.8 Å². The van der Waals surface area contributed by atoms with Crippen molar-refractivity contribution in [3.05, 3.63) is 52.5 Å². The molecule has 2 aliphatic heterocycles. The van der Waals surface area contributed by atoms with E-state index in [0.717, 1.165) is 51.0 Å². The molecule has 1 atom stereocenters. The fourth-order valence-electron chi connectivity index (χ4n) is 4.06. The summed E-state index contributed by atoms with van der Waals surface area (Å²) in [6, 6.07) is 5.50. The van der Waals surface area contributed by atoms with Crippen LogP contribution in [0.4, 0.5) is 0 Å². The molecule has 0 N–H and O–H groups in total. The number of amides is 2. The van der Waals surface area contributed by atoms with Gasteiger partial charge in [0, 0.05) is 49.4 Å². The van der Waals surface area contributed by atoms with Gasteiger partial charge in [-0.1, -0.05) is 0 Å². The number of carbonyl (C=O) groups is 2. The Morgan fingerprint density at radius 2 is 1.84 bits per heavy atom. The molecule has 2 saturated heterocycles. The lowest BCUT2D eigenvalue weighted by molar-refractivity contribution is 0.0516. The van der Waals surface area contributed by atoms with Crippen LogP contribution >= 0.6 is 11.3 Å². The van der Waals surface area contributed by atoms with Crippen molar-refractivity contribution in [3.8, 4) is 0 Å². The van der Waals surface area contributed by atoms with E-state index in [1.54, 1.807) is 29.8 Å². The standard InChI is InChI=1S/C19H21N3O2S/c23-17(15-3-1-7-20-11-15)21-8-2-5-19(13-21)6-9-22(14-19)18(24)16-4-10-25-12-16/h1,3-4,7,10-12H,2,5-6,8-9,13-14H2. The lowest BCUT2D eigenvalue weighted by Crippen LogP contribution is -2.47. The molecule has 1 unspecified atom stereocenters. The van der Waals surface area contributed by atoms with Crippen LogP contribution in [0.3, 0.4) is 0 Å². The van der Waals surface area contributed by atoms with Crippen LogP contribution in [-0.2, 0) is 0 Å². The number of thiophene rings is 1. The number of carbonyl (C=O) groups excluding carboxylic acids is 2. The number of pyridine rings is 1. The van der Waals surface area contributed by atoms with E-state index in [4.69, 9.17) is 0 Å². The monoisotopic (exact) mass is 355 g/mol. The van der Waals surface area contributed by atoms with Crippen molar-refractivity contribution >= 4 is 23.2 Å². The van der Waals surface area contributed by atoms with Gasteiger partial charge in [-0.2, -0.15) is 11.3 Å². The van der Waals surface area contributed by atoms with E-state index in [-0.39, 0.29) is 17.2 Å². The molecule has 1 spiro atoms. The van der Waals surface area contributed by atoms with Crippen LogP contribution < -0.4 is 0 Å². The van der Waals surface area contributed by atoms with Gasteiger partial charge in [-0.05, 0) is 42.8 Å². The first-order chi connectivity index (χ1) is 12.2. The average molecular weight is 355 g/mol. The maximum atomic E-state index is 12.7. The van der Waals surface area contributed by atoms with E-state index >= 15 is 0 Å². The third kappa shape index (κ3) is 3.18. The van der Waals surface area contributed by atoms with Crippen molar-refractivity contribution in [2.45, 2.75) is 19.3 Å². The van der Waals surface area contributed by atoms with Crippen LogP contribution in [0.15, 0.2) is 41.4 Å². The molecule has 2 aromatic rings. The highest BCUT2D eigenvalue weighted by atomic mass is 32.1. The highest BCUT2D eigenvalue weighted by molar-refractivity contribution is 7.08. The normalized spacial score (nSPS) is 23.2. The molecule has 2 aliphatic rings. The minimum Gasteiger partial charge on any atom is -0.338 e. The van der Waals surface area contributed by atoms with Crippen LogP contribution in [-0.4, -0.2) is 52.8 Å². The number of nitrogens with zero attached hydrogens (tertiary/aromatic N) is 3. The zero-order valence-electron chi connectivity index (χ0n) is 14.1. The minimum absolute atomic E-state index is 0.0435.